The summed E-state index contributed by atoms with van der Waals surface area (Å²) in [5, 5.41) is 11.9. The third-order valence-corrected chi connectivity index (χ3v) is 3.11. The molecule has 1 saturated heterocycles. The molecule has 0 saturated carbocycles. The van der Waals surface area contributed by atoms with Crippen molar-refractivity contribution >= 4 is 6.03 Å². The van der Waals surface area contributed by atoms with Gasteiger partial charge in [0.25, 0.3) is 0 Å². The van der Waals surface area contributed by atoms with Crippen LogP contribution in [-0.4, -0.2) is 55.5 Å². The van der Waals surface area contributed by atoms with Crippen LogP contribution in [0.4, 0.5) is 4.79 Å². The van der Waals surface area contributed by atoms with Gasteiger partial charge in [-0.05, 0) is 32.1 Å². The predicted octanol–water partition coefficient (Wildman–Crippen LogP) is 0.827. The number of piperidine rings is 1. The average Bonchev–Trinajstić information content (AvgIpc) is 2.38. The lowest BCUT2D eigenvalue weighted by Gasteiger charge is -2.31. The smallest absolute Gasteiger partial charge is 0.317 e. The van der Waals surface area contributed by atoms with Crippen molar-refractivity contribution in [1.82, 2.24) is 10.2 Å². The first kappa shape index (κ1) is 14.3. The van der Waals surface area contributed by atoms with Gasteiger partial charge < -0.3 is 20.1 Å². The van der Waals surface area contributed by atoms with E-state index in [1.165, 1.54) is 0 Å². The van der Waals surface area contributed by atoms with Crippen LogP contribution < -0.4 is 5.32 Å². The Morgan fingerprint density at radius 1 is 1.47 bits per heavy atom. The van der Waals surface area contributed by atoms with E-state index >= 15 is 0 Å². The van der Waals surface area contributed by atoms with Crippen molar-refractivity contribution in [1.29, 1.82) is 0 Å². The van der Waals surface area contributed by atoms with E-state index in [1.54, 1.807) is 0 Å². The molecule has 0 aromatic rings. The maximum absolute atomic E-state index is 11.7. The van der Waals surface area contributed by atoms with Crippen LogP contribution in [0.5, 0.6) is 0 Å². The largest absolute Gasteiger partial charge is 0.396 e. The summed E-state index contributed by atoms with van der Waals surface area (Å²) in [7, 11) is 0. The summed E-state index contributed by atoms with van der Waals surface area (Å²) in [6.45, 7) is 5.80. The number of rotatable bonds is 6. The van der Waals surface area contributed by atoms with Crippen LogP contribution in [0.1, 0.15) is 26.2 Å². The first-order valence-corrected chi connectivity index (χ1v) is 6.49. The zero-order valence-corrected chi connectivity index (χ0v) is 10.7. The molecule has 2 N–H and O–H groups in total. The molecule has 2 amide bonds. The van der Waals surface area contributed by atoms with Crippen molar-refractivity contribution in [3.63, 3.8) is 0 Å². The maximum atomic E-state index is 11.7. The molecule has 1 fully saturated rings. The molecule has 0 aliphatic carbocycles. The van der Waals surface area contributed by atoms with Gasteiger partial charge >= 0.3 is 6.03 Å². The first-order valence-electron chi connectivity index (χ1n) is 6.49. The van der Waals surface area contributed by atoms with Gasteiger partial charge in [0.05, 0.1) is 0 Å². The summed E-state index contributed by atoms with van der Waals surface area (Å²) < 4.78 is 5.20. The van der Waals surface area contributed by atoms with Crippen molar-refractivity contribution in [3.8, 4) is 0 Å². The zero-order valence-electron chi connectivity index (χ0n) is 10.7. The Balaban J connectivity index is 2.08. The second-order valence-corrected chi connectivity index (χ2v) is 4.40. The number of carbonyl (C=O) groups is 1. The van der Waals surface area contributed by atoms with Crippen LogP contribution >= 0.6 is 0 Å². The number of ether oxygens (including phenoxy) is 1. The Bertz CT molecular complexity index is 216. The lowest BCUT2D eigenvalue weighted by Crippen LogP contribution is -2.45. The molecule has 1 rings (SSSR count). The molecule has 100 valence electrons. The van der Waals surface area contributed by atoms with Gasteiger partial charge in [-0.25, -0.2) is 4.79 Å². The maximum Gasteiger partial charge on any atom is 0.317 e. The molecule has 0 atom stereocenters. The number of amides is 2. The highest BCUT2D eigenvalue weighted by molar-refractivity contribution is 5.74. The van der Waals surface area contributed by atoms with Gasteiger partial charge in [-0.2, -0.15) is 0 Å². The van der Waals surface area contributed by atoms with Crippen molar-refractivity contribution < 1.29 is 14.6 Å². The number of aliphatic hydroxyl groups is 1. The monoisotopic (exact) mass is 244 g/mol. The van der Waals surface area contributed by atoms with E-state index in [2.05, 4.69) is 5.32 Å². The van der Waals surface area contributed by atoms with E-state index in [4.69, 9.17) is 9.84 Å². The standard InChI is InChI=1S/C12H24N2O3/c1-2-17-9-3-6-13-12(16)14-7-4-11(10-15)5-8-14/h11,15H,2-10H2,1H3,(H,13,16). The lowest BCUT2D eigenvalue weighted by atomic mass is 9.98. The quantitative estimate of drug-likeness (QED) is 0.680. The van der Waals surface area contributed by atoms with Crippen molar-refractivity contribution in [2.24, 2.45) is 5.92 Å². The Morgan fingerprint density at radius 3 is 2.76 bits per heavy atom. The highest BCUT2D eigenvalue weighted by Crippen LogP contribution is 2.15. The van der Waals surface area contributed by atoms with E-state index in [1.807, 2.05) is 11.8 Å². The van der Waals surface area contributed by atoms with Gasteiger partial charge in [0.1, 0.15) is 0 Å². The molecule has 1 aliphatic rings. The fourth-order valence-corrected chi connectivity index (χ4v) is 1.94. The number of carbonyl (C=O) groups excluding carboxylic acids is 1. The molecular weight excluding hydrogens is 220 g/mol. The fraction of sp³-hybridized carbons (Fsp3) is 0.917. The normalized spacial score (nSPS) is 17.2. The minimum atomic E-state index is 0.0119. The molecule has 1 heterocycles. The lowest BCUT2D eigenvalue weighted by molar-refractivity contribution is 0.133. The number of nitrogens with one attached hydrogen (secondary N) is 1. The van der Waals surface area contributed by atoms with E-state index in [0.29, 0.717) is 19.1 Å². The van der Waals surface area contributed by atoms with E-state index in [-0.39, 0.29) is 12.6 Å². The minimum absolute atomic E-state index is 0.0119. The fourth-order valence-electron chi connectivity index (χ4n) is 1.94. The number of aliphatic hydroxyl groups excluding tert-OH is 1. The van der Waals surface area contributed by atoms with Gasteiger partial charge in [0, 0.05) is 39.5 Å². The number of hydrogen-bond donors (Lipinski definition) is 2. The topological polar surface area (TPSA) is 61.8 Å². The number of urea groups is 1. The van der Waals surface area contributed by atoms with E-state index in [0.717, 1.165) is 39.0 Å². The molecule has 0 aromatic heterocycles. The van der Waals surface area contributed by atoms with E-state index < -0.39 is 0 Å². The van der Waals surface area contributed by atoms with Gasteiger partial charge in [0.2, 0.25) is 0 Å². The molecule has 0 aromatic carbocycles. The van der Waals surface area contributed by atoms with Crippen LogP contribution in [0.25, 0.3) is 0 Å². The molecule has 0 unspecified atom stereocenters. The Kier molecular flexibility index (Phi) is 6.96. The number of nitrogens with zero attached hydrogens (tertiary/aromatic N) is 1. The molecule has 1 aliphatic heterocycles. The third kappa shape index (κ3) is 5.37. The second-order valence-electron chi connectivity index (χ2n) is 4.40. The van der Waals surface area contributed by atoms with Gasteiger partial charge in [-0.1, -0.05) is 0 Å². The van der Waals surface area contributed by atoms with Crippen LogP contribution in [-0.2, 0) is 4.74 Å². The molecule has 17 heavy (non-hydrogen) atoms. The van der Waals surface area contributed by atoms with Crippen LogP contribution in [0.3, 0.4) is 0 Å². The van der Waals surface area contributed by atoms with Gasteiger partial charge in [-0.3, -0.25) is 0 Å². The van der Waals surface area contributed by atoms with Crippen molar-refractivity contribution in [3.05, 3.63) is 0 Å². The Hall–Kier alpha value is -0.810. The third-order valence-electron chi connectivity index (χ3n) is 3.11. The summed E-state index contributed by atoms with van der Waals surface area (Å²) in [4.78, 5) is 13.6. The summed E-state index contributed by atoms with van der Waals surface area (Å²) in [5.74, 6) is 0.372. The molecule has 0 spiro atoms. The zero-order chi connectivity index (χ0) is 12.5. The highest BCUT2D eigenvalue weighted by Gasteiger charge is 2.21. The van der Waals surface area contributed by atoms with Crippen LogP contribution in [0, 0.1) is 5.92 Å². The molecule has 5 nitrogen and oxygen atoms in total. The molecule has 5 heteroatoms. The molecular formula is C12H24N2O3. The Morgan fingerprint density at radius 2 is 2.18 bits per heavy atom. The summed E-state index contributed by atoms with van der Waals surface area (Å²) in [6.07, 6.45) is 2.67. The summed E-state index contributed by atoms with van der Waals surface area (Å²) >= 11 is 0. The van der Waals surface area contributed by atoms with Crippen LogP contribution in [0.2, 0.25) is 0 Å². The van der Waals surface area contributed by atoms with Gasteiger partial charge in [-0.15, -0.1) is 0 Å². The summed E-state index contributed by atoms with van der Waals surface area (Å²) in [6, 6.07) is 0.0119. The van der Waals surface area contributed by atoms with Crippen molar-refractivity contribution in [2.45, 2.75) is 26.2 Å². The van der Waals surface area contributed by atoms with Gasteiger partial charge in [0.15, 0.2) is 0 Å². The second kappa shape index (κ2) is 8.31. The number of hydrogen-bond acceptors (Lipinski definition) is 3. The Labute approximate surface area is 103 Å². The van der Waals surface area contributed by atoms with E-state index in [9.17, 15) is 4.79 Å². The summed E-state index contributed by atoms with van der Waals surface area (Å²) in [5.41, 5.74) is 0. The number of likely N-dealkylation sites (tertiary alicyclic amines) is 1. The van der Waals surface area contributed by atoms with Crippen molar-refractivity contribution in [2.75, 3.05) is 39.5 Å². The predicted molar refractivity (Wildman–Crippen MR) is 65.9 cm³/mol. The average molecular weight is 244 g/mol. The minimum Gasteiger partial charge on any atom is -0.396 e. The highest BCUT2D eigenvalue weighted by atomic mass is 16.5. The SMILES string of the molecule is CCOCCCNC(=O)N1CCC(CO)CC1. The van der Waals surface area contributed by atoms with Crippen LogP contribution in [0.15, 0.2) is 0 Å². The molecule has 0 bridgehead atoms. The molecule has 0 radical (unpaired) electrons. The first-order chi connectivity index (χ1) is 8.27.